The molecular weight excluding hydrogens is 332 g/mol. The molecule has 1 unspecified atom stereocenters. The molecule has 1 rings (SSSR count). The lowest BCUT2D eigenvalue weighted by molar-refractivity contribution is -0.168. The number of thiol groups is 1. The molecule has 0 saturated carbocycles. The van der Waals surface area contributed by atoms with Crippen LogP contribution in [0.1, 0.15) is 19.4 Å². The molecule has 0 spiro atoms. The topological polar surface area (TPSA) is 60.9 Å². The number of rotatable bonds is 8. The van der Waals surface area contributed by atoms with Crippen LogP contribution < -0.4 is 0 Å². The highest BCUT2D eigenvalue weighted by Crippen LogP contribution is 2.34. The van der Waals surface area contributed by atoms with Gasteiger partial charge in [-0.2, -0.15) is 12.6 Å². The van der Waals surface area contributed by atoms with Crippen LogP contribution in [0, 0.1) is 5.92 Å². The monoisotopic (exact) mass is 356 g/mol. The average Bonchev–Trinajstić information content (AvgIpc) is 2.52. The molecule has 128 valence electrons. The van der Waals surface area contributed by atoms with E-state index in [1.807, 2.05) is 30.3 Å². The second-order valence-electron chi connectivity index (χ2n) is 5.64. The third kappa shape index (κ3) is 4.89. The lowest BCUT2D eigenvalue weighted by atomic mass is 10.1. The molecule has 1 amide bonds. The molecule has 0 aliphatic heterocycles. The number of amides is 1. The van der Waals surface area contributed by atoms with Crippen LogP contribution in [0.5, 0.6) is 0 Å². The minimum atomic E-state index is -1.40. The molecule has 1 aromatic rings. The first-order valence-corrected chi connectivity index (χ1v) is 8.89. The van der Waals surface area contributed by atoms with E-state index in [2.05, 4.69) is 12.6 Å². The summed E-state index contributed by atoms with van der Waals surface area (Å²) in [5, 5.41) is 12.6. The number of carboxylic acids is 1. The fraction of sp³-hybridized carbons (Fsp3) is 0.500. The summed E-state index contributed by atoms with van der Waals surface area (Å²) >= 11 is 5.37. The van der Waals surface area contributed by atoms with E-state index in [1.165, 1.54) is 21.8 Å². The van der Waals surface area contributed by atoms with Gasteiger partial charge in [-0.1, -0.05) is 37.3 Å². The summed E-state index contributed by atoms with van der Waals surface area (Å²) in [6.07, 6.45) is 0. The molecule has 1 aromatic carbocycles. The average molecular weight is 357 g/mol. The van der Waals surface area contributed by atoms with Crippen molar-refractivity contribution in [2.24, 2.45) is 5.92 Å². The maximum Gasteiger partial charge on any atom is 0.341 e. The summed E-state index contributed by atoms with van der Waals surface area (Å²) < 4.78 is 0. The van der Waals surface area contributed by atoms with Crippen molar-refractivity contribution in [2.75, 3.05) is 19.8 Å². The van der Waals surface area contributed by atoms with Crippen molar-refractivity contribution < 1.29 is 14.7 Å². The number of carbonyl (C=O) groups is 2. The summed E-state index contributed by atoms with van der Waals surface area (Å²) in [5.74, 6) is -0.808. The summed E-state index contributed by atoms with van der Waals surface area (Å²) in [5.41, 5.74) is 1.01. The number of hydrogen-bond donors (Lipinski definition) is 2. The standard InChI is InChI=1S/C16H24N2O3S2/c1-12(10-22)14(19)18(17(3)4)16(2,15(20)21)23-11-13-8-6-5-7-9-13/h5-9,12,22H,10-11H2,1-4H3,(H,20,21)/t12-,16?/m1/s1. The first-order chi connectivity index (χ1) is 10.7. The number of nitrogens with zero attached hydrogens (tertiary/aromatic N) is 2. The van der Waals surface area contributed by atoms with Crippen LogP contribution >= 0.6 is 24.4 Å². The van der Waals surface area contributed by atoms with Crippen molar-refractivity contribution in [3.05, 3.63) is 35.9 Å². The molecule has 0 aromatic heterocycles. The van der Waals surface area contributed by atoms with Gasteiger partial charge in [-0.3, -0.25) is 4.79 Å². The van der Waals surface area contributed by atoms with Gasteiger partial charge in [-0.25, -0.2) is 14.8 Å². The first-order valence-electron chi connectivity index (χ1n) is 7.27. The van der Waals surface area contributed by atoms with Gasteiger partial charge in [-0.15, -0.1) is 11.8 Å². The number of carbonyl (C=O) groups excluding carboxylic acids is 1. The van der Waals surface area contributed by atoms with Gasteiger partial charge in [0.05, 0.1) is 0 Å². The molecule has 0 heterocycles. The van der Waals surface area contributed by atoms with Crippen molar-refractivity contribution in [2.45, 2.75) is 24.5 Å². The Kier molecular flexibility index (Phi) is 7.44. The van der Waals surface area contributed by atoms with E-state index in [1.54, 1.807) is 27.9 Å². The number of hydrogen-bond acceptors (Lipinski definition) is 5. The Morgan fingerprint density at radius 2 is 1.87 bits per heavy atom. The fourth-order valence-corrected chi connectivity index (χ4v) is 3.38. The minimum Gasteiger partial charge on any atom is -0.479 e. The van der Waals surface area contributed by atoms with Gasteiger partial charge in [0.25, 0.3) is 0 Å². The summed E-state index contributed by atoms with van der Waals surface area (Å²) in [4.78, 5) is 23.2. The van der Waals surface area contributed by atoms with E-state index in [4.69, 9.17) is 0 Å². The molecule has 0 bridgehead atoms. The van der Waals surface area contributed by atoms with E-state index in [0.29, 0.717) is 11.5 Å². The number of hydrazine groups is 1. The molecule has 7 heteroatoms. The van der Waals surface area contributed by atoms with Crippen LogP contribution in [-0.4, -0.2) is 51.7 Å². The van der Waals surface area contributed by atoms with Crippen molar-refractivity contribution in [1.82, 2.24) is 10.0 Å². The molecule has 5 nitrogen and oxygen atoms in total. The van der Waals surface area contributed by atoms with Gasteiger partial charge >= 0.3 is 5.97 Å². The molecule has 1 N–H and O–H groups in total. The summed E-state index contributed by atoms with van der Waals surface area (Å²) in [7, 11) is 3.35. The van der Waals surface area contributed by atoms with Gasteiger partial charge in [0.15, 0.2) is 4.87 Å². The zero-order valence-electron chi connectivity index (χ0n) is 13.9. The molecule has 0 aliphatic rings. The van der Waals surface area contributed by atoms with Crippen LogP contribution in [0.4, 0.5) is 0 Å². The van der Waals surface area contributed by atoms with Crippen LogP contribution in [0.2, 0.25) is 0 Å². The molecule has 0 saturated heterocycles. The Bertz CT molecular complexity index is 539. The lowest BCUT2D eigenvalue weighted by Crippen LogP contribution is -2.59. The summed E-state index contributed by atoms with van der Waals surface area (Å²) in [6.45, 7) is 3.31. The highest BCUT2D eigenvalue weighted by molar-refractivity contribution is 8.00. The van der Waals surface area contributed by atoms with Crippen LogP contribution in [0.15, 0.2) is 30.3 Å². The Labute approximate surface area is 147 Å². The molecule has 23 heavy (non-hydrogen) atoms. The number of aliphatic carboxylic acids is 1. The zero-order valence-corrected chi connectivity index (χ0v) is 15.6. The van der Waals surface area contributed by atoms with Crippen LogP contribution in [-0.2, 0) is 15.3 Å². The Hall–Kier alpha value is -1.18. The first kappa shape index (κ1) is 19.9. The van der Waals surface area contributed by atoms with Crippen molar-refractivity contribution in [3.8, 4) is 0 Å². The predicted molar refractivity (Wildman–Crippen MR) is 97.3 cm³/mol. The number of benzene rings is 1. The number of carboxylic acid groups (broad SMARTS) is 1. The fourth-order valence-electron chi connectivity index (χ4n) is 2.09. The largest absolute Gasteiger partial charge is 0.479 e. The van der Waals surface area contributed by atoms with Gasteiger partial charge in [0, 0.05) is 31.5 Å². The smallest absolute Gasteiger partial charge is 0.341 e. The second-order valence-corrected chi connectivity index (χ2v) is 7.38. The SMILES string of the molecule is C[C@H](CS)C(=O)N(N(C)C)C(C)(SCc1ccccc1)C(=O)O. The highest BCUT2D eigenvalue weighted by Gasteiger charge is 2.45. The molecular formula is C16H24N2O3S2. The van der Waals surface area contributed by atoms with Crippen LogP contribution in [0.3, 0.4) is 0 Å². The predicted octanol–water partition coefficient (Wildman–Crippen LogP) is 2.59. The van der Waals surface area contributed by atoms with E-state index in [-0.39, 0.29) is 11.8 Å². The second kappa shape index (κ2) is 8.61. The Morgan fingerprint density at radius 3 is 2.30 bits per heavy atom. The molecule has 0 fully saturated rings. The zero-order chi connectivity index (χ0) is 17.6. The van der Waals surface area contributed by atoms with Gasteiger partial charge < -0.3 is 5.11 Å². The normalized spacial score (nSPS) is 15.0. The highest BCUT2D eigenvalue weighted by atomic mass is 32.2. The Morgan fingerprint density at radius 1 is 1.30 bits per heavy atom. The van der Waals surface area contributed by atoms with E-state index in [0.717, 1.165) is 5.56 Å². The molecule has 0 radical (unpaired) electrons. The molecule has 2 atom stereocenters. The van der Waals surface area contributed by atoms with Gasteiger partial charge in [0.2, 0.25) is 5.91 Å². The van der Waals surface area contributed by atoms with Gasteiger partial charge in [0.1, 0.15) is 0 Å². The maximum atomic E-state index is 12.6. The van der Waals surface area contributed by atoms with Crippen molar-refractivity contribution in [1.29, 1.82) is 0 Å². The van der Waals surface area contributed by atoms with E-state index >= 15 is 0 Å². The minimum absolute atomic E-state index is 0.254. The summed E-state index contributed by atoms with van der Waals surface area (Å²) in [6, 6.07) is 9.60. The lowest BCUT2D eigenvalue weighted by Gasteiger charge is -2.42. The van der Waals surface area contributed by atoms with E-state index < -0.39 is 10.8 Å². The third-order valence-corrected chi connectivity index (χ3v) is 5.40. The third-order valence-electron chi connectivity index (χ3n) is 3.47. The Balaban J connectivity index is 3.08. The van der Waals surface area contributed by atoms with Crippen LogP contribution in [0.25, 0.3) is 0 Å². The van der Waals surface area contributed by atoms with Crippen molar-refractivity contribution >= 4 is 36.3 Å². The maximum absolute atomic E-state index is 12.6. The van der Waals surface area contributed by atoms with Crippen molar-refractivity contribution in [3.63, 3.8) is 0 Å². The van der Waals surface area contributed by atoms with Gasteiger partial charge in [-0.05, 0) is 12.5 Å². The quantitative estimate of drug-likeness (QED) is 0.426. The number of thioether (sulfide) groups is 1. The van der Waals surface area contributed by atoms with E-state index in [9.17, 15) is 14.7 Å². The molecule has 0 aliphatic carbocycles.